The van der Waals surface area contributed by atoms with Crippen LogP contribution < -0.4 is 10.1 Å². The monoisotopic (exact) mass is 388 g/mol. The van der Waals surface area contributed by atoms with E-state index in [2.05, 4.69) is 15.0 Å². The highest BCUT2D eigenvalue weighted by Crippen LogP contribution is 2.32. The van der Waals surface area contributed by atoms with Crippen LogP contribution in [0.15, 0.2) is 54.6 Å². The number of rotatable bonds is 6. The summed E-state index contributed by atoms with van der Waals surface area (Å²) in [5, 5.41) is 2.74. The fourth-order valence-corrected chi connectivity index (χ4v) is 3.30. The van der Waals surface area contributed by atoms with Gasteiger partial charge in [0.15, 0.2) is 10.9 Å². The molecule has 5 nitrogen and oxygen atoms in total. The van der Waals surface area contributed by atoms with E-state index in [1.165, 1.54) is 31.2 Å². The summed E-state index contributed by atoms with van der Waals surface area (Å²) in [6, 6.07) is 14.7. The second-order valence-corrected chi connectivity index (χ2v) is 6.45. The SMILES string of the molecule is CC(=O)c1sc(NC(=O)c2ccccc2OC(F)F)nc1-c1ccccc1. The number of benzene rings is 2. The van der Waals surface area contributed by atoms with Gasteiger partial charge in [0.25, 0.3) is 5.91 Å². The largest absolute Gasteiger partial charge is 0.434 e. The quantitative estimate of drug-likeness (QED) is 0.612. The maximum atomic E-state index is 12.5. The number of halogens is 2. The van der Waals surface area contributed by atoms with Crippen LogP contribution >= 0.6 is 11.3 Å². The lowest BCUT2D eigenvalue weighted by Crippen LogP contribution is -2.14. The van der Waals surface area contributed by atoms with E-state index in [1.807, 2.05) is 18.2 Å². The number of para-hydroxylation sites is 1. The zero-order chi connectivity index (χ0) is 19.4. The van der Waals surface area contributed by atoms with Crippen LogP contribution in [0.25, 0.3) is 11.3 Å². The van der Waals surface area contributed by atoms with Crippen molar-refractivity contribution in [2.75, 3.05) is 5.32 Å². The summed E-state index contributed by atoms with van der Waals surface area (Å²) < 4.78 is 29.4. The number of carbonyl (C=O) groups is 2. The van der Waals surface area contributed by atoms with E-state index in [0.29, 0.717) is 10.6 Å². The first kappa shape index (κ1) is 18.7. The molecule has 1 N–H and O–H groups in total. The minimum atomic E-state index is -3.05. The van der Waals surface area contributed by atoms with E-state index in [0.717, 1.165) is 16.9 Å². The predicted molar refractivity (Wildman–Crippen MR) is 98.6 cm³/mol. The minimum Gasteiger partial charge on any atom is -0.434 e. The Bertz CT molecular complexity index is 974. The van der Waals surface area contributed by atoms with E-state index in [4.69, 9.17) is 0 Å². The number of nitrogens with zero attached hydrogens (tertiary/aromatic N) is 1. The third-order valence-corrected chi connectivity index (χ3v) is 4.63. The molecule has 0 saturated heterocycles. The van der Waals surface area contributed by atoms with Crippen molar-refractivity contribution in [1.29, 1.82) is 0 Å². The van der Waals surface area contributed by atoms with E-state index in [9.17, 15) is 18.4 Å². The van der Waals surface area contributed by atoms with Crippen LogP contribution in [0.2, 0.25) is 0 Å². The fourth-order valence-electron chi connectivity index (χ4n) is 2.42. The number of ketones is 1. The number of amides is 1. The molecule has 0 atom stereocenters. The third-order valence-electron chi connectivity index (χ3n) is 3.56. The second-order valence-electron chi connectivity index (χ2n) is 5.45. The lowest BCUT2D eigenvalue weighted by atomic mass is 10.1. The Balaban J connectivity index is 1.91. The molecule has 138 valence electrons. The first-order valence-electron chi connectivity index (χ1n) is 7.88. The molecule has 2 aromatic carbocycles. The summed E-state index contributed by atoms with van der Waals surface area (Å²) in [6.07, 6.45) is 0. The summed E-state index contributed by atoms with van der Waals surface area (Å²) >= 11 is 1.02. The normalized spacial score (nSPS) is 10.7. The van der Waals surface area contributed by atoms with Gasteiger partial charge in [-0.1, -0.05) is 53.8 Å². The van der Waals surface area contributed by atoms with Gasteiger partial charge in [-0.3, -0.25) is 14.9 Å². The van der Waals surface area contributed by atoms with Gasteiger partial charge in [-0.2, -0.15) is 8.78 Å². The topological polar surface area (TPSA) is 68.3 Å². The van der Waals surface area contributed by atoms with Crippen molar-refractivity contribution < 1.29 is 23.1 Å². The summed E-state index contributed by atoms with van der Waals surface area (Å²) in [5.41, 5.74) is 1.14. The maximum absolute atomic E-state index is 12.5. The zero-order valence-electron chi connectivity index (χ0n) is 14.1. The van der Waals surface area contributed by atoms with Crippen molar-refractivity contribution >= 4 is 28.2 Å². The molecule has 0 spiro atoms. The van der Waals surface area contributed by atoms with Gasteiger partial charge in [-0.05, 0) is 12.1 Å². The molecule has 1 aromatic heterocycles. The van der Waals surface area contributed by atoms with Crippen molar-refractivity contribution in [2.45, 2.75) is 13.5 Å². The van der Waals surface area contributed by atoms with Gasteiger partial charge in [-0.25, -0.2) is 4.98 Å². The number of hydrogen-bond donors (Lipinski definition) is 1. The van der Waals surface area contributed by atoms with E-state index < -0.39 is 12.5 Å². The average molecular weight is 388 g/mol. The molecule has 1 amide bonds. The van der Waals surface area contributed by atoms with Crippen LogP contribution in [0, 0.1) is 0 Å². The van der Waals surface area contributed by atoms with Crippen molar-refractivity contribution in [3.63, 3.8) is 0 Å². The van der Waals surface area contributed by atoms with Gasteiger partial charge in [0.1, 0.15) is 5.75 Å². The van der Waals surface area contributed by atoms with Gasteiger partial charge in [0.05, 0.1) is 16.1 Å². The Morgan fingerprint density at radius 1 is 1.07 bits per heavy atom. The standard InChI is InChI=1S/C19H14F2N2O3S/c1-11(24)16-15(12-7-3-2-4-8-12)22-19(27-16)23-17(25)13-9-5-6-10-14(13)26-18(20)21/h2-10,18H,1H3,(H,22,23,25). The lowest BCUT2D eigenvalue weighted by molar-refractivity contribution is -0.0501. The van der Waals surface area contributed by atoms with E-state index >= 15 is 0 Å². The number of anilines is 1. The number of ether oxygens (including phenoxy) is 1. The van der Waals surface area contributed by atoms with E-state index in [-0.39, 0.29) is 22.2 Å². The van der Waals surface area contributed by atoms with Gasteiger partial charge in [-0.15, -0.1) is 0 Å². The van der Waals surface area contributed by atoms with Crippen molar-refractivity contribution in [3.8, 4) is 17.0 Å². The van der Waals surface area contributed by atoms with Crippen molar-refractivity contribution in [3.05, 3.63) is 65.0 Å². The Morgan fingerprint density at radius 2 is 1.74 bits per heavy atom. The minimum absolute atomic E-state index is 0.0568. The molecule has 0 aliphatic rings. The molecule has 1 heterocycles. The molecule has 3 rings (SSSR count). The molecular formula is C19H14F2N2O3S. The van der Waals surface area contributed by atoms with Gasteiger partial charge >= 0.3 is 6.61 Å². The van der Waals surface area contributed by atoms with Gasteiger partial charge in [0, 0.05) is 12.5 Å². The van der Waals surface area contributed by atoms with Crippen LogP contribution in [-0.2, 0) is 0 Å². The van der Waals surface area contributed by atoms with Crippen LogP contribution in [0.1, 0.15) is 27.0 Å². The van der Waals surface area contributed by atoms with Crippen LogP contribution in [0.5, 0.6) is 5.75 Å². The van der Waals surface area contributed by atoms with E-state index in [1.54, 1.807) is 12.1 Å². The molecule has 0 aliphatic carbocycles. The maximum Gasteiger partial charge on any atom is 0.387 e. The van der Waals surface area contributed by atoms with Crippen LogP contribution in [-0.4, -0.2) is 23.3 Å². The molecule has 8 heteroatoms. The molecule has 0 saturated carbocycles. The number of alkyl halides is 2. The molecule has 0 radical (unpaired) electrons. The highest BCUT2D eigenvalue weighted by molar-refractivity contribution is 7.18. The summed E-state index contributed by atoms with van der Waals surface area (Å²) in [4.78, 5) is 29.2. The summed E-state index contributed by atoms with van der Waals surface area (Å²) in [6.45, 7) is -1.63. The Hall–Kier alpha value is -3.13. The summed E-state index contributed by atoms with van der Waals surface area (Å²) in [5.74, 6) is -1.08. The van der Waals surface area contributed by atoms with Crippen LogP contribution in [0.4, 0.5) is 13.9 Å². The average Bonchev–Trinajstić information content (AvgIpc) is 3.06. The number of thiazole rings is 1. The number of aromatic nitrogens is 1. The molecular weight excluding hydrogens is 374 g/mol. The zero-order valence-corrected chi connectivity index (χ0v) is 14.9. The van der Waals surface area contributed by atoms with Crippen molar-refractivity contribution in [1.82, 2.24) is 4.98 Å². The second kappa shape index (κ2) is 8.05. The first-order valence-corrected chi connectivity index (χ1v) is 8.69. The molecule has 3 aromatic rings. The molecule has 27 heavy (non-hydrogen) atoms. The molecule has 0 aliphatic heterocycles. The molecule has 0 unspecified atom stereocenters. The Morgan fingerprint density at radius 3 is 2.41 bits per heavy atom. The lowest BCUT2D eigenvalue weighted by Gasteiger charge is -2.09. The molecule has 0 bridgehead atoms. The van der Waals surface area contributed by atoms with Gasteiger partial charge < -0.3 is 4.74 Å². The number of hydrogen-bond acceptors (Lipinski definition) is 5. The highest BCUT2D eigenvalue weighted by Gasteiger charge is 2.20. The summed E-state index contributed by atoms with van der Waals surface area (Å²) in [7, 11) is 0. The number of carbonyl (C=O) groups excluding carboxylic acids is 2. The van der Waals surface area contributed by atoms with Gasteiger partial charge in [0.2, 0.25) is 0 Å². The Labute approximate surface area is 157 Å². The first-order chi connectivity index (χ1) is 13.0. The fraction of sp³-hybridized carbons (Fsp3) is 0.105. The van der Waals surface area contributed by atoms with Crippen molar-refractivity contribution in [2.24, 2.45) is 0 Å². The predicted octanol–water partition coefficient (Wildman–Crippen LogP) is 4.87. The number of nitrogens with one attached hydrogen (secondary N) is 1. The Kier molecular flexibility index (Phi) is 5.56. The number of Topliss-reactive ketones (excluding diaryl/α,β-unsaturated/α-hetero) is 1. The smallest absolute Gasteiger partial charge is 0.387 e. The highest BCUT2D eigenvalue weighted by atomic mass is 32.1. The third kappa shape index (κ3) is 4.35. The van der Waals surface area contributed by atoms with Crippen LogP contribution in [0.3, 0.4) is 0 Å². The molecule has 0 fully saturated rings.